The molecule has 0 spiro atoms. The molecule has 3 aromatic rings. The van der Waals surface area contributed by atoms with Crippen molar-refractivity contribution in [3.63, 3.8) is 0 Å². The third-order valence-electron chi connectivity index (χ3n) is 7.88. The molecule has 1 saturated heterocycles. The largest absolute Gasteiger partial charge is 0.462 e. The highest BCUT2D eigenvalue weighted by Gasteiger charge is 2.70. The zero-order valence-electron chi connectivity index (χ0n) is 19.7. The number of carbonyl (C=O) groups is 4. The Labute approximate surface area is 212 Å². The first kappa shape index (κ1) is 22.7. The standard InChI is InChI=1S/C29H22ClNO5/c1-3-36-28(35)19-14-16(12-13-22(19)30)31-26(33)24-23-17-8-4-6-10-20(17)29(15(2)32,25(24)27(31)34)21-11-7-5-9-18(21)23/h4-14,23-25H,3H2,1-2H3/t23?,24-,25-,29?/m1/s1. The van der Waals surface area contributed by atoms with Crippen LogP contribution in [0.2, 0.25) is 5.02 Å². The van der Waals surface area contributed by atoms with Gasteiger partial charge in [-0.15, -0.1) is 0 Å². The molecule has 2 amide bonds. The summed E-state index contributed by atoms with van der Waals surface area (Å²) in [6, 6.07) is 19.7. The van der Waals surface area contributed by atoms with Gasteiger partial charge in [-0.05, 0) is 54.3 Å². The third-order valence-corrected chi connectivity index (χ3v) is 8.21. The van der Waals surface area contributed by atoms with Crippen LogP contribution in [0.25, 0.3) is 0 Å². The van der Waals surface area contributed by atoms with E-state index >= 15 is 0 Å². The van der Waals surface area contributed by atoms with E-state index < -0.39 is 29.1 Å². The number of amides is 2. The number of Topliss-reactive ketones (excluding diaryl/α,β-unsaturated/α-hetero) is 1. The van der Waals surface area contributed by atoms with E-state index in [4.69, 9.17) is 16.3 Å². The smallest absolute Gasteiger partial charge is 0.339 e. The molecule has 1 heterocycles. The van der Waals surface area contributed by atoms with Crippen LogP contribution in [-0.4, -0.2) is 30.2 Å². The number of imide groups is 1. The molecule has 7 rings (SSSR count). The molecule has 0 aromatic heterocycles. The van der Waals surface area contributed by atoms with Gasteiger partial charge in [0.05, 0.1) is 40.1 Å². The molecule has 0 saturated carbocycles. The van der Waals surface area contributed by atoms with E-state index in [0.29, 0.717) is 0 Å². The van der Waals surface area contributed by atoms with Crippen molar-refractivity contribution in [2.45, 2.75) is 25.2 Å². The van der Waals surface area contributed by atoms with Gasteiger partial charge in [-0.2, -0.15) is 0 Å². The second kappa shape index (κ2) is 7.87. The Kier molecular flexibility index (Phi) is 4.96. The van der Waals surface area contributed by atoms with E-state index in [1.165, 1.54) is 19.1 Å². The number of carbonyl (C=O) groups excluding carboxylic acids is 4. The first-order valence-electron chi connectivity index (χ1n) is 11.9. The molecule has 0 unspecified atom stereocenters. The summed E-state index contributed by atoms with van der Waals surface area (Å²) < 4.78 is 5.09. The van der Waals surface area contributed by atoms with Crippen LogP contribution >= 0.6 is 11.6 Å². The number of hydrogen-bond donors (Lipinski definition) is 0. The summed E-state index contributed by atoms with van der Waals surface area (Å²) in [7, 11) is 0. The van der Waals surface area contributed by atoms with E-state index in [2.05, 4.69) is 0 Å². The topological polar surface area (TPSA) is 80.8 Å². The molecule has 1 aliphatic heterocycles. The minimum absolute atomic E-state index is 0.0716. The lowest BCUT2D eigenvalue weighted by Crippen LogP contribution is -2.57. The monoisotopic (exact) mass is 499 g/mol. The van der Waals surface area contributed by atoms with E-state index in [0.717, 1.165) is 27.2 Å². The molecule has 2 atom stereocenters. The number of anilines is 1. The van der Waals surface area contributed by atoms with E-state index in [-0.39, 0.29) is 40.5 Å². The maximum atomic E-state index is 14.2. The predicted octanol–water partition coefficient (Wildman–Crippen LogP) is 4.66. The summed E-state index contributed by atoms with van der Waals surface area (Å²) in [5.41, 5.74) is 2.41. The summed E-state index contributed by atoms with van der Waals surface area (Å²) in [5, 5.41) is 0.161. The highest BCUT2D eigenvalue weighted by Crippen LogP contribution is 2.64. The van der Waals surface area contributed by atoms with Gasteiger partial charge in [0.1, 0.15) is 5.78 Å². The highest BCUT2D eigenvalue weighted by molar-refractivity contribution is 6.34. The highest BCUT2D eigenvalue weighted by atomic mass is 35.5. The summed E-state index contributed by atoms with van der Waals surface area (Å²) >= 11 is 6.24. The SMILES string of the molecule is CCOC(=O)c1cc(N2C(=O)[C@@H]3C4c5ccccc5C(C(C)=O)(c5ccccc54)[C@H]3C2=O)ccc1Cl. The van der Waals surface area contributed by atoms with Gasteiger partial charge in [-0.3, -0.25) is 14.4 Å². The van der Waals surface area contributed by atoms with Gasteiger partial charge in [0, 0.05) is 5.92 Å². The fraction of sp³-hybridized carbons (Fsp3) is 0.241. The molecule has 180 valence electrons. The van der Waals surface area contributed by atoms with Crippen LogP contribution in [0, 0.1) is 11.8 Å². The Morgan fingerprint density at radius 2 is 1.56 bits per heavy atom. The summed E-state index contributed by atoms with van der Waals surface area (Å²) in [4.78, 5) is 55.4. The summed E-state index contributed by atoms with van der Waals surface area (Å²) in [6.45, 7) is 3.34. The van der Waals surface area contributed by atoms with Gasteiger partial charge in [0.2, 0.25) is 11.8 Å². The minimum Gasteiger partial charge on any atom is -0.462 e. The number of benzene rings is 3. The van der Waals surface area contributed by atoms with Gasteiger partial charge in [0.25, 0.3) is 0 Å². The third kappa shape index (κ3) is 2.68. The minimum atomic E-state index is -1.27. The first-order chi connectivity index (χ1) is 17.3. The lowest BCUT2D eigenvalue weighted by molar-refractivity contribution is -0.132. The molecule has 0 radical (unpaired) electrons. The van der Waals surface area contributed by atoms with Crippen molar-refractivity contribution in [2.24, 2.45) is 11.8 Å². The molecule has 7 heteroatoms. The van der Waals surface area contributed by atoms with Gasteiger partial charge >= 0.3 is 5.97 Å². The molecule has 0 N–H and O–H groups in total. The molecular formula is C29H22ClNO5. The lowest BCUT2D eigenvalue weighted by Gasteiger charge is -2.52. The Hall–Kier alpha value is -3.77. The summed E-state index contributed by atoms with van der Waals surface area (Å²) in [5.74, 6) is -3.65. The van der Waals surface area contributed by atoms with Crippen LogP contribution in [0.15, 0.2) is 66.7 Å². The van der Waals surface area contributed by atoms with Gasteiger partial charge < -0.3 is 4.74 Å². The van der Waals surface area contributed by atoms with Crippen LogP contribution in [-0.2, 0) is 24.5 Å². The van der Waals surface area contributed by atoms with Crippen LogP contribution < -0.4 is 4.90 Å². The van der Waals surface area contributed by atoms with Crippen molar-refractivity contribution in [3.8, 4) is 0 Å². The quantitative estimate of drug-likeness (QED) is 0.385. The average molecular weight is 500 g/mol. The zero-order chi connectivity index (χ0) is 25.4. The number of halogens is 1. The van der Waals surface area contributed by atoms with Crippen molar-refractivity contribution in [1.82, 2.24) is 0 Å². The van der Waals surface area contributed by atoms with E-state index in [1.54, 1.807) is 13.0 Å². The summed E-state index contributed by atoms with van der Waals surface area (Å²) in [6.07, 6.45) is 0. The average Bonchev–Trinajstić information content (AvgIpc) is 3.15. The Bertz CT molecular complexity index is 1450. The molecule has 36 heavy (non-hydrogen) atoms. The van der Waals surface area contributed by atoms with Crippen molar-refractivity contribution in [3.05, 3.63) is 99.6 Å². The van der Waals surface area contributed by atoms with Gasteiger partial charge in [0.15, 0.2) is 0 Å². The molecule has 6 nitrogen and oxygen atoms in total. The van der Waals surface area contributed by atoms with Gasteiger partial charge in [-0.25, -0.2) is 9.69 Å². The zero-order valence-corrected chi connectivity index (χ0v) is 20.4. The molecule has 3 aliphatic carbocycles. The number of hydrogen-bond acceptors (Lipinski definition) is 5. The number of nitrogens with zero attached hydrogens (tertiary/aromatic N) is 1. The lowest BCUT2D eigenvalue weighted by atomic mass is 9.46. The van der Waals surface area contributed by atoms with Crippen molar-refractivity contribution < 1.29 is 23.9 Å². The van der Waals surface area contributed by atoms with Crippen molar-refractivity contribution in [1.29, 1.82) is 0 Å². The van der Waals surface area contributed by atoms with Crippen molar-refractivity contribution in [2.75, 3.05) is 11.5 Å². The van der Waals surface area contributed by atoms with E-state index in [1.807, 2.05) is 48.5 Å². The molecule has 3 aromatic carbocycles. The first-order valence-corrected chi connectivity index (χ1v) is 12.3. The number of ether oxygens (including phenoxy) is 1. The molecule has 2 bridgehead atoms. The Balaban J connectivity index is 1.58. The fourth-order valence-corrected chi connectivity index (χ4v) is 6.84. The van der Waals surface area contributed by atoms with Crippen LogP contribution in [0.4, 0.5) is 5.69 Å². The number of esters is 1. The van der Waals surface area contributed by atoms with Gasteiger partial charge in [-0.1, -0.05) is 60.1 Å². The van der Waals surface area contributed by atoms with Crippen molar-refractivity contribution >= 4 is 40.9 Å². The second-order valence-corrected chi connectivity index (χ2v) is 9.82. The number of rotatable bonds is 4. The van der Waals surface area contributed by atoms with Crippen LogP contribution in [0.5, 0.6) is 0 Å². The molecule has 1 fully saturated rings. The second-order valence-electron chi connectivity index (χ2n) is 9.42. The van der Waals surface area contributed by atoms with E-state index in [9.17, 15) is 19.2 Å². The fourth-order valence-electron chi connectivity index (χ4n) is 6.64. The maximum absolute atomic E-state index is 14.2. The Morgan fingerprint density at radius 1 is 0.944 bits per heavy atom. The predicted molar refractivity (Wildman–Crippen MR) is 133 cm³/mol. The molecular weight excluding hydrogens is 478 g/mol. The number of ketones is 1. The molecule has 4 aliphatic rings. The van der Waals surface area contributed by atoms with Crippen LogP contribution in [0.3, 0.4) is 0 Å². The maximum Gasteiger partial charge on any atom is 0.339 e. The van der Waals surface area contributed by atoms with Crippen LogP contribution in [0.1, 0.15) is 52.4 Å². The Morgan fingerprint density at radius 3 is 2.14 bits per heavy atom. The normalized spacial score (nSPS) is 25.3.